The summed E-state index contributed by atoms with van der Waals surface area (Å²) in [6, 6.07) is 0. The number of carbonyl (C=O) groups excluding carboxylic acids is 1. The smallest absolute Gasteiger partial charge is 0.155 e. The lowest BCUT2D eigenvalue weighted by Gasteiger charge is -2.60. The van der Waals surface area contributed by atoms with Crippen molar-refractivity contribution in [2.75, 3.05) is 6.61 Å². The third kappa shape index (κ3) is 3.21. The number of hydrogen-bond acceptors (Lipinski definition) is 2. The third-order valence-corrected chi connectivity index (χ3v) is 7.95. The monoisotopic (exact) mass is 356 g/mol. The minimum absolute atomic E-state index is 0.0419. The Kier molecular flexibility index (Phi) is 5.25. The Balaban J connectivity index is 1.85. The molecule has 3 rings (SSSR count). The van der Waals surface area contributed by atoms with Gasteiger partial charge in [0.1, 0.15) is 0 Å². The fourth-order valence-electron chi connectivity index (χ4n) is 6.45. The summed E-state index contributed by atoms with van der Waals surface area (Å²) in [4.78, 5) is 11.1. The van der Waals surface area contributed by atoms with Crippen molar-refractivity contribution in [1.82, 2.24) is 0 Å². The van der Waals surface area contributed by atoms with Crippen molar-refractivity contribution in [1.29, 1.82) is 0 Å². The Hall–Kier alpha value is -1.31. The van der Waals surface area contributed by atoms with Gasteiger partial charge in [-0.3, -0.25) is 4.79 Å². The Morgan fingerprint density at radius 3 is 2.73 bits per heavy atom. The topological polar surface area (TPSA) is 26.3 Å². The zero-order valence-electron chi connectivity index (χ0n) is 17.1. The SMILES string of the molecule is C=C[C@@]1(C)CCC=C2C1CCC1[C@](C)(CO/C=C/C(C)=O)CCC[C@@]21C. The largest absolute Gasteiger partial charge is 0.500 e. The predicted octanol–water partition coefficient (Wildman–Crippen LogP) is 6.24. The Morgan fingerprint density at radius 2 is 2.04 bits per heavy atom. The molecule has 0 aromatic carbocycles. The lowest BCUT2D eigenvalue weighted by atomic mass is 9.44. The van der Waals surface area contributed by atoms with Crippen LogP contribution in [0.2, 0.25) is 0 Å². The molecular formula is C24H36O2. The van der Waals surface area contributed by atoms with Gasteiger partial charge in [0.05, 0.1) is 12.9 Å². The van der Waals surface area contributed by atoms with Gasteiger partial charge < -0.3 is 4.74 Å². The fraction of sp³-hybridized carbons (Fsp3) is 0.708. The number of hydrogen-bond donors (Lipinski definition) is 0. The Morgan fingerprint density at radius 1 is 1.27 bits per heavy atom. The Labute approximate surface area is 159 Å². The average molecular weight is 357 g/mol. The van der Waals surface area contributed by atoms with Gasteiger partial charge in [0, 0.05) is 11.5 Å². The van der Waals surface area contributed by atoms with Crippen molar-refractivity contribution in [2.45, 2.75) is 72.6 Å². The van der Waals surface area contributed by atoms with Crippen LogP contribution in [0.25, 0.3) is 0 Å². The summed E-state index contributed by atoms with van der Waals surface area (Å²) in [5.74, 6) is 1.36. The van der Waals surface area contributed by atoms with Crippen LogP contribution in [0.15, 0.2) is 36.6 Å². The van der Waals surface area contributed by atoms with Crippen molar-refractivity contribution in [3.05, 3.63) is 36.6 Å². The molecule has 0 radical (unpaired) electrons. The van der Waals surface area contributed by atoms with Crippen molar-refractivity contribution >= 4 is 5.78 Å². The second-order valence-electron chi connectivity index (χ2n) is 9.74. The molecule has 0 spiro atoms. The van der Waals surface area contributed by atoms with E-state index in [-0.39, 0.29) is 22.0 Å². The highest BCUT2D eigenvalue weighted by molar-refractivity contribution is 5.86. The standard InChI is InChI=1S/C24H36O2/c1-6-22(3)13-7-9-20-19(22)10-11-21-23(4,14-8-15-24(20,21)5)17-26-16-12-18(2)25/h6,9,12,16,19,21H,1,7-8,10-11,13-15,17H2,2-5H3/b16-12+/t19?,21?,22-,23-,24-/m0/s1. The molecule has 3 aliphatic carbocycles. The fourth-order valence-corrected chi connectivity index (χ4v) is 6.45. The van der Waals surface area contributed by atoms with E-state index in [0.29, 0.717) is 18.4 Å². The van der Waals surface area contributed by atoms with Crippen molar-refractivity contribution in [3.8, 4) is 0 Å². The molecule has 2 unspecified atom stereocenters. The number of rotatable bonds is 5. The molecule has 0 bridgehead atoms. The van der Waals surface area contributed by atoms with Gasteiger partial charge in [0.2, 0.25) is 0 Å². The molecule has 0 aromatic heterocycles. The van der Waals surface area contributed by atoms with Gasteiger partial charge in [-0.15, -0.1) is 6.58 Å². The van der Waals surface area contributed by atoms with Gasteiger partial charge >= 0.3 is 0 Å². The molecule has 2 heteroatoms. The van der Waals surface area contributed by atoms with E-state index in [1.807, 2.05) is 0 Å². The van der Waals surface area contributed by atoms with Gasteiger partial charge in [-0.05, 0) is 68.1 Å². The van der Waals surface area contributed by atoms with Gasteiger partial charge in [-0.1, -0.05) is 44.9 Å². The van der Waals surface area contributed by atoms with E-state index in [2.05, 4.69) is 39.5 Å². The van der Waals surface area contributed by atoms with Crippen molar-refractivity contribution < 1.29 is 9.53 Å². The Bertz CT molecular complexity index is 630. The molecule has 0 aliphatic heterocycles. The van der Waals surface area contributed by atoms with E-state index in [4.69, 9.17) is 4.74 Å². The zero-order chi connectivity index (χ0) is 19.0. The molecule has 2 nitrogen and oxygen atoms in total. The second kappa shape index (κ2) is 7.02. The summed E-state index contributed by atoms with van der Waals surface area (Å²) in [5.41, 5.74) is 2.44. The van der Waals surface area contributed by atoms with E-state index >= 15 is 0 Å². The highest BCUT2D eigenvalue weighted by atomic mass is 16.5. The number of fused-ring (bicyclic) bond motifs is 3. The van der Waals surface area contributed by atoms with Crippen molar-refractivity contribution in [3.63, 3.8) is 0 Å². The molecule has 0 heterocycles. The molecule has 0 saturated heterocycles. The van der Waals surface area contributed by atoms with Crippen LogP contribution >= 0.6 is 0 Å². The summed E-state index contributed by atoms with van der Waals surface area (Å²) in [6.45, 7) is 13.8. The van der Waals surface area contributed by atoms with Crippen LogP contribution in [0.5, 0.6) is 0 Å². The molecular weight excluding hydrogens is 320 g/mol. The van der Waals surface area contributed by atoms with E-state index in [1.54, 1.807) is 18.8 Å². The first kappa shape index (κ1) is 19.5. The number of ketones is 1. The molecule has 2 fully saturated rings. The number of ether oxygens (including phenoxy) is 1. The summed E-state index contributed by atoms with van der Waals surface area (Å²) >= 11 is 0. The molecule has 2 saturated carbocycles. The van der Waals surface area contributed by atoms with Crippen LogP contribution in [-0.4, -0.2) is 12.4 Å². The summed E-state index contributed by atoms with van der Waals surface area (Å²) in [7, 11) is 0. The molecule has 0 amide bonds. The van der Waals surface area contributed by atoms with E-state index < -0.39 is 0 Å². The minimum Gasteiger partial charge on any atom is -0.500 e. The van der Waals surface area contributed by atoms with Crippen LogP contribution < -0.4 is 0 Å². The quantitative estimate of drug-likeness (QED) is 0.331. The third-order valence-electron chi connectivity index (χ3n) is 7.95. The maximum Gasteiger partial charge on any atom is 0.155 e. The first-order valence-electron chi connectivity index (χ1n) is 10.4. The summed E-state index contributed by atoms with van der Waals surface area (Å²) in [6.07, 6.45) is 16.7. The number of carbonyl (C=O) groups is 1. The van der Waals surface area contributed by atoms with Gasteiger partial charge in [-0.25, -0.2) is 0 Å². The summed E-state index contributed by atoms with van der Waals surface area (Å²) < 4.78 is 5.84. The first-order chi connectivity index (χ1) is 12.3. The zero-order valence-corrected chi connectivity index (χ0v) is 17.1. The number of allylic oxidation sites excluding steroid dienone is 4. The van der Waals surface area contributed by atoms with Gasteiger partial charge in [-0.2, -0.15) is 0 Å². The van der Waals surface area contributed by atoms with E-state index in [9.17, 15) is 4.79 Å². The van der Waals surface area contributed by atoms with Crippen molar-refractivity contribution in [2.24, 2.45) is 28.1 Å². The molecule has 5 atom stereocenters. The molecule has 0 N–H and O–H groups in total. The van der Waals surface area contributed by atoms with Crippen LogP contribution in [-0.2, 0) is 9.53 Å². The lowest BCUT2D eigenvalue weighted by molar-refractivity contribution is -0.112. The first-order valence-corrected chi connectivity index (χ1v) is 10.4. The summed E-state index contributed by atoms with van der Waals surface area (Å²) in [5, 5.41) is 0. The van der Waals surface area contributed by atoms with E-state index in [1.165, 1.54) is 51.0 Å². The molecule has 26 heavy (non-hydrogen) atoms. The molecule has 3 aliphatic rings. The minimum atomic E-state index is 0.0419. The van der Waals surface area contributed by atoms with Crippen LogP contribution in [0.3, 0.4) is 0 Å². The molecule has 0 aromatic rings. The maximum atomic E-state index is 11.1. The van der Waals surface area contributed by atoms with E-state index in [0.717, 1.165) is 0 Å². The maximum absolute atomic E-state index is 11.1. The van der Waals surface area contributed by atoms with Gasteiger partial charge in [0.25, 0.3) is 0 Å². The predicted molar refractivity (Wildman–Crippen MR) is 108 cm³/mol. The highest BCUT2D eigenvalue weighted by Crippen LogP contribution is 2.65. The highest BCUT2D eigenvalue weighted by Gasteiger charge is 2.56. The normalized spacial score (nSPS) is 42.5. The van der Waals surface area contributed by atoms with Crippen LogP contribution in [0, 0.1) is 28.1 Å². The molecule has 144 valence electrons. The average Bonchev–Trinajstić information content (AvgIpc) is 2.59. The van der Waals surface area contributed by atoms with Gasteiger partial charge in [0.15, 0.2) is 5.78 Å². The lowest BCUT2D eigenvalue weighted by Crippen LogP contribution is -2.52. The van der Waals surface area contributed by atoms with Crippen LogP contribution in [0.4, 0.5) is 0 Å². The van der Waals surface area contributed by atoms with Crippen LogP contribution in [0.1, 0.15) is 72.6 Å². The second-order valence-corrected chi connectivity index (χ2v) is 9.74.